The van der Waals surface area contributed by atoms with Gasteiger partial charge < -0.3 is 6.15 Å². The van der Waals surface area contributed by atoms with Crippen LogP contribution < -0.4 is 6.15 Å². The van der Waals surface area contributed by atoms with Gasteiger partial charge in [0.05, 0.1) is 0 Å². The van der Waals surface area contributed by atoms with Gasteiger partial charge in [0.25, 0.3) is 0 Å². The van der Waals surface area contributed by atoms with Crippen LogP contribution in [0.2, 0.25) is 0 Å². The Morgan fingerprint density at radius 2 is 0.750 bits per heavy atom. The summed E-state index contributed by atoms with van der Waals surface area (Å²) in [4.78, 5) is 0. The van der Waals surface area contributed by atoms with E-state index in [1.54, 1.807) is 0 Å². The van der Waals surface area contributed by atoms with Gasteiger partial charge >= 0.3 is 0 Å². The first-order chi connectivity index (χ1) is 0. The average Bonchev–Trinajstić information content (AvgIpc) is 0. The first kappa shape index (κ1) is 39.8. The second-order valence-electron chi connectivity index (χ2n) is 0. The van der Waals surface area contributed by atoms with Crippen LogP contribution in [0.1, 0.15) is 0 Å². The molecule has 0 aliphatic heterocycles. The second-order valence-corrected chi connectivity index (χ2v) is 0. The van der Waals surface area contributed by atoms with E-state index >= 15 is 0 Å². The van der Waals surface area contributed by atoms with Gasteiger partial charge in [0.1, 0.15) is 0 Å². The molecule has 0 rings (SSSR count). The summed E-state index contributed by atoms with van der Waals surface area (Å²) in [5.74, 6) is 0. The van der Waals surface area contributed by atoms with Gasteiger partial charge in [-0.2, -0.15) is 0 Å². The molecule has 0 bridgehead atoms. The van der Waals surface area contributed by atoms with E-state index in [1.165, 1.54) is 0 Å². The molecule has 0 aliphatic rings. The standard InChI is InChI=1S/Al.2Mo.H3N.3H/h;;;1H3;;;. The van der Waals surface area contributed by atoms with Gasteiger partial charge in [0.2, 0.25) is 0 Å². The van der Waals surface area contributed by atoms with Gasteiger partial charge in [0, 0.05) is 42.1 Å². The van der Waals surface area contributed by atoms with Gasteiger partial charge in [-0.1, -0.05) is 0 Å². The van der Waals surface area contributed by atoms with Crippen LogP contribution in [0.3, 0.4) is 0 Å². The summed E-state index contributed by atoms with van der Waals surface area (Å²) in [5.41, 5.74) is 0. The third kappa shape index (κ3) is 9.12. The van der Waals surface area contributed by atoms with Crippen molar-refractivity contribution in [2.45, 2.75) is 0 Å². The molecule has 0 saturated carbocycles. The number of hydrogen-bond acceptors (Lipinski definition) is 1. The van der Waals surface area contributed by atoms with Gasteiger partial charge in [0.15, 0.2) is 17.4 Å². The minimum Gasteiger partial charge on any atom is -0.344 e. The quantitative estimate of drug-likeness (QED) is 0.539. The molecule has 0 radical (unpaired) electrons. The maximum absolute atomic E-state index is 0. The Balaban J connectivity index is 0. The van der Waals surface area contributed by atoms with Crippen LogP contribution in [-0.4, -0.2) is 17.4 Å². The maximum Gasteiger partial charge on any atom is 0.187 e. The van der Waals surface area contributed by atoms with E-state index in [0.29, 0.717) is 0 Å². The van der Waals surface area contributed by atoms with Crippen molar-refractivity contribution in [2.75, 3.05) is 0 Å². The Bertz CT molecular complexity index is 6.00. The molecule has 4 heteroatoms. The molecular formula is H6AlMo2N. The summed E-state index contributed by atoms with van der Waals surface area (Å²) >= 11 is 0. The first-order valence-corrected chi connectivity index (χ1v) is 0. The molecular weight excluding hydrogens is 233 g/mol. The van der Waals surface area contributed by atoms with E-state index in [1.807, 2.05) is 0 Å². The zero-order valence-corrected chi connectivity index (χ0v) is 5.54. The summed E-state index contributed by atoms with van der Waals surface area (Å²) in [6.07, 6.45) is 0. The van der Waals surface area contributed by atoms with Crippen LogP contribution in [0.4, 0.5) is 0 Å². The molecule has 1 nitrogen and oxygen atoms in total. The third-order valence-electron chi connectivity index (χ3n) is 0. The predicted octanol–water partition coefficient (Wildman–Crippen LogP) is -1.03. The van der Waals surface area contributed by atoms with Gasteiger partial charge in [-0.25, -0.2) is 0 Å². The van der Waals surface area contributed by atoms with E-state index in [4.69, 9.17) is 0 Å². The zero-order valence-electron chi connectivity index (χ0n) is 1.52. The van der Waals surface area contributed by atoms with Crippen molar-refractivity contribution in [3.63, 3.8) is 0 Å². The third-order valence-corrected chi connectivity index (χ3v) is 0. The summed E-state index contributed by atoms with van der Waals surface area (Å²) in [5, 5.41) is 0. The molecule has 26 valence electrons. The summed E-state index contributed by atoms with van der Waals surface area (Å²) in [6.45, 7) is 0. The molecule has 0 aromatic heterocycles. The minimum atomic E-state index is 0. The molecule has 0 unspecified atom stereocenters. The van der Waals surface area contributed by atoms with Crippen molar-refractivity contribution in [3.05, 3.63) is 0 Å². The van der Waals surface area contributed by atoms with Crippen molar-refractivity contribution >= 4 is 17.4 Å². The summed E-state index contributed by atoms with van der Waals surface area (Å²) in [6, 6.07) is 0. The van der Waals surface area contributed by atoms with E-state index in [-0.39, 0.29) is 65.6 Å². The SMILES string of the molecule is N.[AlH3].[Mo].[Mo]. The number of rotatable bonds is 0. The van der Waals surface area contributed by atoms with Crippen LogP contribution in [0.15, 0.2) is 0 Å². The van der Waals surface area contributed by atoms with Gasteiger partial charge in [-0.15, -0.1) is 0 Å². The molecule has 0 amide bonds. The fourth-order valence-corrected chi connectivity index (χ4v) is 0. The van der Waals surface area contributed by atoms with Crippen molar-refractivity contribution in [1.82, 2.24) is 6.15 Å². The Kier molecular flexibility index (Phi) is 208. The van der Waals surface area contributed by atoms with E-state index in [9.17, 15) is 0 Å². The van der Waals surface area contributed by atoms with Crippen molar-refractivity contribution in [1.29, 1.82) is 0 Å². The van der Waals surface area contributed by atoms with Crippen LogP contribution in [0.5, 0.6) is 0 Å². The maximum atomic E-state index is 0. The molecule has 0 atom stereocenters. The topological polar surface area (TPSA) is 35.0 Å². The van der Waals surface area contributed by atoms with E-state index in [0.717, 1.165) is 0 Å². The van der Waals surface area contributed by atoms with E-state index < -0.39 is 0 Å². The fraction of sp³-hybridized carbons (Fsp3) is 0. The normalized spacial score (nSPS) is 0. The van der Waals surface area contributed by atoms with Crippen LogP contribution in [0, 0.1) is 0 Å². The monoisotopic (exact) mass is 243 g/mol. The van der Waals surface area contributed by atoms with Gasteiger partial charge in [-0.3, -0.25) is 0 Å². The summed E-state index contributed by atoms with van der Waals surface area (Å²) in [7, 11) is 0. The Hall–Kier alpha value is 1.87. The van der Waals surface area contributed by atoms with Crippen LogP contribution >= 0.6 is 0 Å². The second kappa shape index (κ2) is 20.9. The summed E-state index contributed by atoms with van der Waals surface area (Å²) < 4.78 is 0. The van der Waals surface area contributed by atoms with Crippen molar-refractivity contribution in [3.8, 4) is 0 Å². The molecule has 0 heterocycles. The smallest absolute Gasteiger partial charge is 0.187 e. The Morgan fingerprint density at radius 3 is 0.750 bits per heavy atom. The predicted molar refractivity (Wildman–Crippen MR) is 15.0 cm³/mol. The molecule has 3 N–H and O–H groups in total. The molecule has 0 aromatic carbocycles. The van der Waals surface area contributed by atoms with Crippen molar-refractivity contribution in [2.24, 2.45) is 0 Å². The van der Waals surface area contributed by atoms with Gasteiger partial charge in [-0.05, 0) is 0 Å². The Labute approximate surface area is 65.2 Å². The molecule has 0 aliphatic carbocycles. The van der Waals surface area contributed by atoms with Crippen LogP contribution in [-0.2, 0) is 42.1 Å². The molecule has 4 heavy (non-hydrogen) atoms. The van der Waals surface area contributed by atoms with Crippen LogP contribution in [0.25, 0.3) is 0 Å². The molecule has 0 fully saturated rings. The fourth-order valence-electron chi connectivity index (χ4n) is 0. The largest absolute Gasteiger partial charge is 0.344 e. The molecule has 0 saturated heterocycles. The molecule has 0 aromatic rings. The molecule has 0 spiro atoms. The first-order valence-electron chi connectivity index (χ1n) is 0. The average molecular weight is 239 g/mol. The zero-order chi connectivity index (χ0) is 0. The number of hydrogen-bond donors (Lipinski definition) is 1. The van der Waals surface area contributed by atoms with Crippen molar-refractivity contribution < 1.29 is 42.1 Å². The minimum absolute atomic E-state index is 0. The van der Waals surface area contributed by atoms with E-state index in [2.05, 4.69) is 0 Å². The Morgan fingerprint density at radius 1 is 0.750 bits per heavy atom.